The highest BCUT2D eigenvalue weighted by molar-refractivity contribution is 6.12. The third-order valence-electron chi connectivity index (χ3n) is 9.90. The Labute approximate surface area is 261 Å². The van der Waals surface area contributed by atoms with E-state index < -0.39 is 0 Å². The van der Waals surface area contributed by atoms with Crippen LogP contribution in [-0.2, 0) is 5.41 Å². The van der Waals surface area contributed by atoms with Gasteiger partial charge in [0, 0.05) is 27.7 Å². The molecule has 7 aromatic carbocycles. The van der Waals surface area contributed by atoms with Crippen LogP contribution in [-0.4, -0.2) is 0 Å². The maximum Gasteiger partial charge on any atom is 0.136 e. The third-order valence-corrected chi connectivity index (χ3v) is 9.90. The van der Waals surface area contributed by atoms with Crippen molar-refractivity contribution in [3.63, 3.8) is 0 Å². The molecule has 0 atom stereocenters. The molecule has 0 amide bonds. The summed E-state index contributed by atoms with van der Waals surface area (Å²) in [5.74, 6) is 0. The maximum atomic E-state index is 6.16. The van der Waals surface area contributed by atoms with Gasteiger partial charge in [-0.3, -0.25) is 0 Å². The fourth-order valence-electron chi connectivity index (χ4n) is 8.15. The molecule has 0 aliphatic heterocycles. The summed E-state index contributed by atoms with van der Waals surface area (Å²) in [6.07, 6.45) is 0. The first kappa shape index (κ1) is 24.6. The predicted molar refractivity (Wildman–Crippen MR) is 185 cm³/mol. The van der Waals surface area contributed by atoms with Gasteiger partial charge in [-0.05, 0) is 80.4 Å². The van der Waals surface area contributed by atoms with Crippen LogP contribution in [0.4, 0.5) is 11.4 Å². The lowest BCUT2D eigenvalue weighted by atomic mass is 9.70. The number of nitrogens with one attached hydrogen (secondary N) is 1. The minimum Gasteiger partial charge on any atom is -0.456 e. The van der Waals surface area contributed by atoms with E-state index in [0.717, 1.165) is 33.3 Å². The molecule has 10 rings (SSSR count). The van der Waals surface area contributed by atoms with E-state index in [1.807, 2.05) is 12.1 Å². The molecule has 0 unspecified atom stereocenters. The lowest BCUT2D eigenvalue weighted by Crippen LogP contribution is -2.25. The molecule has 1 spiro atoms. The molecule has 45 heavy (non-hydrogen) atoms. The van der Waals surface area contributed by atoms with Crippen molar-refractivity contribution in [1.29, 1.82) is 0 Å². The smallest absolute Gasteiger partial charge is 0.136 e. The Balaban J connectivity index is 1.11. The summed E-state index contributed by atoms with van der Waals surface area (Å²) in [6, 6.07) is 57.0. The van der Waals surface area contributed by atoms with E-state index in [4.69, 9.17) is 4.42 Å². The molecule has 0 saturated heterocycles. The second kappa shape index (κ2) is 9.07. The molecular formula is C43H27NO. The molecule has 0 saturated carbocycles. The molecule has 1 N–H and O–H groups in total. The van der Waals surface area contributed by atoms with E-state index in [2.05, 4.69) is 151 Å². The molecule has 2 nitrogen and oxygen atoms in total. The number of rotatable bonds is 3. The summed E-state index contributed by atoms with van der Waals surface area (Å²) in [7, 11) is 0. The van der Waals surface area contributed by atoms with Gasteiger partial charge in [0.05, 0.1) is 5.41 Å². The van der Waals surface area contributed by atoms with Crippen molar-refractivity contribution >= 4 is 33.3 Å². The molecule has 0 radical (unpaired) electrons. The molecule has 2 aliphatic carbocycles. The number of hydrogen-bond acceptors (Lipinski definition) is 2. The van der Waals surface area contributed by atoms with Crippen LogP contribution in [0.3, 0.4) is 0 Å². The molecule has 1 heterocycles. The van der Waals surface area contributed by atoms with Gasteiger partial charge < -0.3 is 9.73 Å². The van der Waals surface area contributed by atoms with Crippen LogP contribution in [0.1, 0.15) is 22.3 Å². The standard InChI is InChI=1S/C43H27NO/c1-5-16-34-30(11-1)31-12-2-6-17-35(31)43(34)36-18-7-3-13-32(36)42-37(43)19-10-20-38(42)44-28-25-23-27(24-26-28)29-15-9-22-40-41(29)33-14-4-8-21-39(33)45-40/h1-26,44H. The van der Waals surface area contributed by atoms with Gasteiger partial charge in [0.2, 0.25) is 0 Å². The molecule has 2 aliphatic rings. The SMILES string of the molecule is c1ccc2c(c1)-c1ccccc1C21c2ccccc2-c2c(Nc3ccc(-c4cccc5oc6ccccc6c45)cc3)cccc21. The maximum absolute atomic E-state index is 6.16. The highest BCUT2D eigenvalue weighted by Crippen LogP contribution is 2.63. The van der Waals surface area contributed by atoms with Crippen molar-refractivity contribution in [3.8, 4) is 33.4 Å². The summed E-state index contributed by atoms with van der Waals surface area (Å²) in [5.41, 5.74) is 16.6. The lowest BCUT2D eigenvalue weighted by molar-refractivity contribution is 0.669. The van der Waals surface area contributed by atoms with Crippen molar-refractivity contribution in [2.75, 3.05) is 5.32 Å². The highest BCUT2D eigenvalue weighted by Gasteiger charge is 2.51. The fraction of sp³-hybridized carbons (Fsp3) is 0.0233. The third kappa shape index (κ3) is 3.23. The number of anilines is 2. The molecule has 8 aromatic rings. The normalized spacial score (nSPS) is 13.5. The largest absolute Gasteiger partial charge is 0.456 e. The average molecular weight is 574 g/mol. The van der Waals surface area contributed by atoms with Gasteiger partial charge in [0.1, 0.15) is 11.2 Å². The topological polar surface area (TPSA) is 25.2 Å². The van der Waals surface area contributed by atoms with Gasteiger partial charge in [0.25, 0.3) is 0 Å². The zero-order chi connectivity index (χ0) is 29.5. The Bertz CT molecular complexity index is 2420. The van der Waals surface area contributed by atoms with Crippen LogP contribution >= 0.6 is 0 Å². The van der Waals surface area contributed by atoms with E-state index >= 15 is 0 Å². The van der Waals surface area contributed by atoms with Gasteiger partial charge in [-0.25, -0.2) is 0 Å². The van der Waals surface area contributed by atoms with Gasteiger partial charge in [-0.15, -0.1) is 0 Å². The van der Waals surface area contributed by atoms with Crippen LogP contribution < -0.4 is 5.32 Å². The summed E-state index contributed by atoms with van der Waals surface area (Å²) >= 11 is 0. The summed E-state index contributed by atoms with van der Waals surface area (Å²) in [6.45, 7) is 0. The van der Waals surface area contributed by atoms with E-state index in [9.17, 15) is 0 Å². The quantitative estimate of drug-likeness (QED) is 0.227. The monoisotopic (exact) mass is 573 g/mol. The van der Waals surface area contributed by atoms with Crippen LogP contribution in [0.15, 0.2) is 162 Å². The molecule has 2 heteroatoms. The van der Waals surface area contributed by atoms with Crippen molar-refractivity contribution in [2.24, 2.45) is 0 Å². The second-order valence-electron chi connectivity index (χ2n) is 12.1. The number of benzene rings is 7. The second-order valence-corrected chi connectivity index (χ2v) is 12.1. The Morgan fingerprint density at radius 1 is 0.422 bits per heavy atom. The zero-order valence-electron chi connectivity index (χ0n) is 24.4. The van der Waals surface area contributed by atoms with E-state index in [-0.39, 0.29) is 5.41 Å². The first-order chi connectivity index (χ1) is 22.3. The first-order valence-corrected chi connectivity index (χ1v) is 15.5. The van der Waals surface area contributed by atoms with Crippen molar-refractivity contribution in [2.45, 2.75) is 5.41 Å². The zero-order valence-corrected chi connectivity index (χ0v) is 24.4. The van der Waals surface area contributed by atoms with Crippen molar-refractivity contribution in [1.82, 2.24) is 0 Å². The number of hydrogen-bond donors (Lipinski definition) is 1. The van der Waals surface area contributed by atoms with Crippen molar-refractivity contribution in [3.05, 3.63) is 180 Å². The molecule has 210 valence electrons. The fourth-order valence-corrected chi connectivity index (χ4v) is 8.15. The Morgan fingerprint density at radius 3 is 1.73 bits per heavy atom. The molecular weight excluding hydrogens is 546 g/mol. The molecule has 0 bridgehead atoms. The summed E-state index contributed by atoms with van der Waals surface area (Å²) in [5, 5.41) is 6.13. The van der Waals surface area contributed by atoms with Crippen LogP contribution in [0, 0.1) is 0 Å². The van der Waals surface area contributed by atoms with Crippen LogP contribution in [0.2, 0.25) is 0 Å². The van der Waals surface area contributed by atoms with Crippen molar-refractivity contribution < 1.29 is 4.42 Å². The van der Waals surface area contributed by atoms with E-state index in [1.54, 1.807) is 0 Å². The minimum atomic E-state index is -0.341. The Morgan fingerprint density at radius 2 is 0.978 bits per heavy atom. The number of fused-ring (bicyclic) bond motifs is 13. The predicted octanol–water partition coefficient (Wildman–Crippen LogP) is 11.3. The van der Waals surface area contributed by atoms with Gasteiger partial charge in [-0.2, -0.15) is 0 Å². The van der Waals surface area contributed by atoms with E-state index in [1.165, 1.54) is 55.6 Å². The lowest BCUT2D eigenvalue weighted by Gasteiger charge is -2.30. The van der Waals surface area contributed by atoms with Crippen LogP contribution in [0.25, 0.3) is 55.3 Å². The molecule has 0 fully saturated rings. The van der Waals surface area contributed by atoms with Gasteiger partial charge >= 0.3 is 0 Å². The summed E-state index contributed by atoms with van der Waals surface area (Å²) in [4.78, 5) is 0. The number of furan rings is 1. The minimum absolute atomic E-state index is 0.341. The first-order valence-electron chi connectivity index (χ1n) is 15.5. The van der Waals surface area contributed by atoms with Crippen LogP contribution in [0.5, 0.6) is 0 Å². The Hall–Kier alpha value is -5.86. The molecule has 1 aromatic heterocycles. The highest BCUT2D eigenvalue weighted by atomic mass is 16.3. The average Bonchev–Trinajstić information content (AvgIpc) is 3.73. The van der Waals surface area contributed by atoms with Gasteiger partial charge in [0.15, 0.2) is 0 Å². The number of para-hydroxylation sites is 1. The Kier molecular flexibility index (Phi) is 4.95. The van der Waals surface area contributed by atoms with Gasteiger partial charge in [-0.1, -0.05) is 127 Å². The summed E-state index contributed by atoms with van der Waals surface area (Å²) < 4.78 is 6.16. The van der Waals surface area contributed by atoms with E-state index in [0.29, 0.717) is 0 Å².